The summed E-state index contributed by atoms with van der Waals surface area (Å²) < 4.78 is 0. The summed E-state index contributed by atoms with van der Waals surface area (Å²) in [5, 5.41) is 9.70. The average Bonchev–Trinajstić information content (AvgIpc) is 3.24. The first-order chi connectivity index (χ1) is 9.21. The van der Waals surface area contributed by atoms with Crippen molar-refractivity contribution in [3.8, 4) is 0 Å². The predicted molar refractivity (Wildman–Crippen MR) is 74.2 cm³/mol. The molecule has 1 saturated heterocycles. The van der Waals surface area contributed by atoms with Gasteiger partial charge in [0.2, 0.25) is 0 Å². The number of likely N-dealkylation sites (tertiary alicyclic amines) is 1. The molecule has 0 amide bonds. The molecule has 3 rings (SSSR count). The Bertz CT molecular complexity index is 445. The van der Waals surface area contributed by atoms with E-state index >= 15 is 0 Å². The molecule has 2 aliphatic rings. The van der Waals surface area contributed by atoms with Crippen molar-refractivity contribution in [1.29, 1.82) is 0 Å². The van der Waals surface area contributed by atoms with Gasteiger partial charge in [-0.25, -0.2) is 0 Å². The number of rotatable bonds is 4. The van der Waals surface area contributed by atoms with E-state index in [4.69, 9.17) is 0 Å². The van der Waals surface area contributed by atoms with Gasteiger partial charge in [0.15, 0.2) is 0 Å². The first-order valence-corrected chi connectivity index (χ1v) is 7.22. The highest BCUT2D eigenvalue weighted by molar-refractivity contribution is 5.81. The molecule has 1 aromatic rings. The summed E-state index contributed by atoms with van der Waals surface area (Å²) in [6, 6.07) is 9.75. The van der Waals surface area contributed by atoms with Crippen LogP contribution < -0.4 is 0 Å². The molecule has 0 atom stereocenters. The molecule has 1 aliphatic heterocycles. The molecule has 0 aromatic heterocycles. The summed E-state index contributed by atoms with van der Waals surface area (Å²) >= 11 is 0. The van der Waals surface area contributed by atoms with Gasteiger partial charge in [-0.15, -0.1) is 0 Å². The number of aliphatic carboxylic acids is 1. The summed E-state index contributed by atoms with van der Waals surface area (Å²) in [6.07, 6.45) is 4.19. The first-order valence-electron chi connectivity index (χ1n) is 7.22. The van der Waals surface area contributed by atoms with Crippen LogP contribution in [0.4, 0.5) is 0 Å². The van der Waals surface area contributed by atoms with Crippen LogP contribution in [0, 0.1) is 5.92 Å². The summed E-state index contributed by atoms with van der Waals surface area (Å²) in [5.74, 6) is 0.221. The maximum atomic E-state index is 11.8. The number of carbonyl (C=O) groups is 1. The van der Waals surface area contributed by atoms with E-state index in [1.807, 2.05) is 30.3 Å². The zero-order chi connectivity index (χ0) is 13.3. The Morgan fingerprint density at radius 3 is 2.37 bits per heavy atom. The van der Waals surface area contributed by atoms with Crippen molar-refractivity contribution in [1.82, 2.24) is 4.90 Å². The van der Waals surface area contributed by atoms with E-state index in [-0.39, 0.29) is 0 Å². The lowest BCUT2D eigenvalue weighted by molar-refractivity contribution is -0.146. The van der Waals surface area contributed by atoms with Crippen LogP contribution in [0.2, 0.25) is 0 Å². The average molecular weight is 259 g/mol. The molecule has 1 saturated carbocycles. The largest absolute Gasteiger partial charge is 0.481 e. The quantitative estimate of drug-likeness (QED) is 0.903. The van der Waals surface area contributed by atoms with Crippen LogP contribution in [-0.2, 0) is 10.2 Å². The topological polar surface area (TPSA) is 40.5 Å². The highest BCUT2D eigenvalue weighted by Crippen LogP contribution is 2.37. The number of hydrogen-bond acceptors (Lipinski definition) is 2. The van der Waals surface area contributed by atoms with Gasteiger partial charge in [0.25, 0.3) is 0 Å². The molecule has 0 radical (unpaired) electrons. The third kappa shape index (κ3) is 2.52. The smallest absolute Gasteiger partial charge is 0.314 e. The van der Waals surface area contributed by atoms with Gasteiger partial charge in [-0.2, -0.15) is 0 Å². The molecule has 0 spiro atoms. The van der Waals surface area contributed by atoms with Crippen molar-refractivity contribution >= 4 is 5.97 Å². The summed E-state index contributed by atoms with van der Waals surface area (Å²) in [5.41, 5.74) is 0.301. The van der Waals surface area contributed by atoms with Gasteiger partial charge in [0.1, 0.15) is 0 Å². The van der Waals surface area contributed by atoms with Crippen molar-refractivity contribution in [3.05, 3.63) is 35.9 Å². The molecule has 0 bridgehead atoms. The summed E-state index contributed by atoms with van der Waals surface area (Å²) in [6.45, 7) is 3.00. The molecule has 3 heteroatoms. The standard InChI is InChI=1S/C16H21NO2/c18-15(19)16(14-4-2-1-3-5-14)8-10-17(11-9-16)12-13-6-7-13/h1-5,13H,6-12H2,(H,18,19). The van der Waals surface area contributed by atoms with Crippen LogP contribution in [0.25, 0.3) is 0 Å². The van der Waals surface area contributed by atoms with E-state index in [2.05, 4.69) is 4.90 Å². The number of benzene rings is 1. The highest BCUT2D eigenvalue weighted by Gasteiger charge is 2.43. The Kier molecular flexibility index (Phi) is 3.31. The molecule has 1 aliphatic carbocycles. The van der Waals surface area contributed by atoms with E-state index in [0.717, 1.165) is 37.4 Å². The van der Waals surface area contributed by atoms with E-state index < -0.39 is 11.4 Å². The fourth-order valence-electron chi connectivity index (χ4n) is 3.17. The number of nitrogens with zero attached hydrogens (tertiary/aromatic N) is 1. The van der Waals surface area contributed by atoms with Gasteiger partial charge in [0.05, 0.1) is 5.41 Å². The van der Waals surface area contributed by atoms with Gasteiger partial charge in [-0.1, -0.05) is 30.3 Å². The molecular weight excluding hydrogens is 238 g/mol. The Hall–Kier alpha value is -1.35. The molecule has 1 aromatic carbocycles. The molecule has 3 nitrogen and oxygen atoms in total. The lowest BCUT2D eigenvalue weighted by Crippen LogP contribution is -2.47. The maximum Gasteiger partial charge on any atom is 0.314 e. The first kappa shape index (κ1) is 12.7. The Balaban J connectivity index is 1.74. The van der Waals surface area contributed by atoms with E-state index in [1.165, 1.54) is 19.4 Å². The molecule has 1 N–H and O–H groups in total. The van der Waals surface area contributed by atoms with Crippen molar-refractivity contribution in [2.45, 2.75) is 31.1 Å². The predicted octanol–water partition coefficient (Wildman–Crippen LogP) is 2.51. The summed E-state index contributed by atoms with van der Waals surface area (Å²) in [4.78, 5) is 14.2. The van der Waals surface area contributed by atoms with Gasteiger partial charge in [0, 0.05) is 6.54 Å². The van der Waals surface area contributed by atoms with Gasteiger partial charge >= 0.3 is 5.97 Å². The third-order valence-corrected chi connectivity index (χ3v) is 4.66. The van der Waals surface area contributed by atoms with Crippen LogP contribution in [0.5, 0.6) is 0 Å². The van der Waals surface area contributed by atoms with E-state index in [1.54, 1.807) is 0 Å². The number of carboxylic acid groups (broad SMARTS) is 1. The van der Waals surface area contributed by atoms with Crippen molar-refractivity contribution in [2.24, 2.45) is 5.92 Å². The fraction of sp³-hybridized carbons (Fsp3) is 0.562. The number of carboxylic acids is 1. The lowest BCUT2D eigenvalue weighted by atomic mass is 9.73. The monoisotopic (exact) mass is 259 g/mol. The molecule has 0 unspecified atom stereocenters. The van der Waals surface area contributed by atoms with Crippen molar-refractivity contribution in [3.63, 3.8) is 0 Å². The molecular formula is C16H21NO2. The fourth-order valence-corrected chi connectivity index (χ4v) is 3.17. The molecule has 102 valence electrons. The molecule has 1 heterocycles. The number of hydrogen-bond donors (Lipinski definition) is 1. The van der Waals surface area contributed by atoms with Crippen molar-refractivity contribution in [2.75, 3.05) is 19.6 Å². The number of piperidine rings is 1. The third-order valence-electron chi connectivity index (χ3n) is 4.66. The summed E-state index contributed by atoms with van der Waals surface area (Å²) in [7, 11) is 0. The van der Waals surface area contributed by atoms with Gasteiger partial charge in [-0.3, -0.25) is 4.79 Å². The van der Waals surface area contributed by atoms with Gasteiger partial charge in [-0.05, 0) is 50.3 Å². The van der Waals surface area contributed by atoms with Crippen LogP contribution in [-0.4, -0.2) is 35.6 Å². The minimum Gasteiger partial charge on any atom is -0.481 e. The Morgan fingerprint density at radius 2 is 1.84 bits per heavy atom. The molecule has 2 fully saturated rings. The highest BCUT2D eigenvalue weighted by atomic mass is 16.4. The van der Waals surface area contributed by atoms with Crippen LogP contribution in [0.15, 0.2) is 30.3 Å². The second-order valence-corrected chi connectivity index (χ2v) is 6.00. The van der Waals surface area contributed by atoms with E-state index in [9.17, 15) is 9.90 Å². The van der Waals surface area contributed by atoms with Crippen LogP contribution >= 0.6 is 0 Å². The second kappa shape index (κ2) is 4.97. The minimum absolute atomic E-state index is 0.662. The Labute approximate surface area is 114 Å². The second-order valence-electron chi connectivity index (χ2n) is 6.00. The minimum atomic E-state index is -0.665. The lowest BCUT2D eigenvalue weighted by Gasteiger charge is -2.39. The van der Waals surface area contributed by atoms with Gasteiger partial charge < -0.3 is 10.0 Å². The normalized spacial score (nSPS) is 23.2. The zero-order valence-corrected chi connectivity index (χ0v) is 11.2. The van der Waals surface area contributed by atoms with Crippen LogP contribution in [0.1, 0.15) is 31.2 Å². The maximum absolute atomic E-state index is 11.8. The van der Waals surface area contributed by atoms with Crippen molar-refractivity contribution < 1.29 is 9.90 Å². The zero-order valence-electron chi connectivity index (χ0n) is 11.2. The molecule has 19 heavy (non-hydrogen) atoms. The van der Waals surface area contributed by atoms with E-state index in [0.29, 0.717) is 0 Å². The SMILES string of the molecule is O=C(O)C1(c2ccccc2)CCN(CC2CC2)CC1. The van der Waals surface area contributed by atoms with Crippen LogP contribution in [0.3, 0.4) is 0 Å². The Morgan fingerprint density at radius 1 is 1.21 bits per heavy atom.